The first-order valence-corrected chi connectivity index (χ1v) is 8.91. The molecule has 0 aliphatic carbocycles. The lowest BCUT2D eigenvalue weighted by Gasteiger charge is -2.42. The Balaban J connectivity index is 2.65. The van der Waals surface area contributed by atoms with Crippen LogP contribution in [0.5, 0.6) is 0 Å². The largest absolute Gasteiger partial charge is 0.466 e. The van der Waals surface area contributed by atoms with Crippen molar-refractivity contribution in [3.63, 3.8) is 0 Å². The van der Waals surface area contributed by atoms with Crippen molar-refractivity contribution in [2.45, 2.75) is 46.1 Å². The van der Waals surface area contributed by atoms with Gasteiger partial charge in [0.15, 0.2) is 0 Å². The Hall–Kier alpha value is -1.92. The summed E-state index contributed by atoms with van der Waals surface area (Å²) in [6, 6.07) is 4.02. The molecular formula is C20H29NO5. The van der Waals surface area contributed by atoms with Crippen LogP contribution in [0.2, 0.25) is 0 Å². The second kappa shape index (κ2) is 8.18. The van der Waals surface area contributed by atoms with Crippen LogP contribution in [0.1, 0.15) is 42.0 Å². The molecule has 1 atom stereocenters. The van der Waals surface area contributed by atoms with Gasteiger partial charge in [-0.15, -0.1) is 0 Å². The average molecular weight is 363 g/mol. The quantitative estimate of drug-likeness (QED) is 0.750. The number of benzene rings is 1. The smallest absolute Gasteiger partial charge is 0.355 e. The van der Waals surface area contributed by atoms with Crippen molar-refractivity contribution in [2.24, 2.45) is 5.92 Å². The Labute approximate surface area is 155 Å². The number of piperidine rings is 1. The molecule has 0 bridgehead atoms. The fourth-order valence-corrected chi connectivity index (χ4v) is 4.24. The second-order valence-electron chi connectivity index (χ2n) is 6.98. The fourth-order valence-electron chi connectivity index (χ4n) is 4.24. The molecule has 1 fully saturated rings. The number of ether oxygens (including phenoxy) is 2. The van der Waals surface area contributed by atoms with E-state index in [0.717, 1.165) is 22.3 Å². The lowest BCUT2D eigenvalue weighted by Crippen LogP contribution is -2.52. The van der Waals surface area contributed by atoms with E-state index < -0.39 is 17.5 Å². The molecular weight excluding hydrogens is 334 g/mol. The molecule has 6 nitrogen and oxygen atoms in total. The van der Waals surface area contributed by atoms with Crippen LogP contribution >= 0.6 is 0 Å². The van der Waals surface area contributed by atoms with E-state index in [0.29, 0.717) is 25.9 Å². The summed E-state index contributed by atoms with van der Waals surface area (Å²) in [6.07, 6.45) is 1.31. The molecule has 6 heteroatoms. The van der Waals surface area contributed by atoms with Crippen LogP contribution < -0.4 is 0 Å². The molecule has 0 N–H and O–H groups in total. The second-order valence-corrected chi connectivity index (χ2v) is 6.98. The molecule has 1 aliphatic rings. The van der Waals surface area contributed by atoms with E-state index in [9.17, 15) is 9.59 Å². The average Bonchev–Trinajstić information content (AvgIpc) is 2.58. The van der Waals surface area contributed by atoms with Crippen LogP contribution in [-0.4, -0.2) is 44.3 Å². The van der Waals surface area contributed by atoms with E-state index in [4.69, 9.17) is 14.3 Å². The number of carbonyl (C=O) groups is 2. The maximum atomic E-state index is 13.1. The van der Waals surface area contributed by atoms with Gasteiger partial charge in [0.25, 0.3) is 0 Å². The molecule has 2 rings (SSSR count). The molecule has 0 radical (unpaired) electrons. The monoisotopic (exact) mass is 363 g/mol. The van der Waals surface area contributed by atoms with Gasteiger partial charge in [0, 0.05) is 31.5 Å². The van der Waals surface area contributed by atoms with E-state index in [1.165, 1.54) is 14.0 Å². The van der Waals surface area contributed by atoms with Crippen molar-refractivity contribution >= 4 is 11.9 Å². The maximum absolute atomic E-state index is 13.1. The number of esters is 2. The first-order valence-electron chi connectivity index (χ1n) is 8.91. The lowest BCUT2D eigenvalue weighted by molar-refractivity contribution is -0.201. The van der Waals surface area contributed by atoms with Gasteiger partial charge >= 0.3 is 11.9 Å². The first-order chi connectivity index (χ1) is 12.3. The Kier molecular flexibility index (Phi) is 6.42. The molecule has 1 aliphatic heterocycles. The molecule has 0 aromatic heterocycles. The summed E-state index contributed by atoms with van der Waals surface area (Å²) in [4.78, 5) is 30.4. The summed E-state index contributed by atoms with van der Waals surface area (Å²) >= 11 is 0. The Morgan fingerprint density at radius 1 is 1.08 bits per heavy atom. The molecule has 1 unspecified atom stereocenters. The van der Waals surface area contributed by atoms with Crippen molar-refractivity contribution in [1.82, 2.24) is 5.06 Å². The Morgan fingerprint density at radius 3 is 2.04 bits per heavy atom. The highest BCUT2D eigenvalue weighted by molar-refractivity contribution is 5.86. The van der Waals surface area contributed by atoms with Crippen LogP contribution in [0.3, 0.4) is 0 Å². The molecule has 1 aromatic rings. The molecule has 1 saturated heterocycles. The number of hydrogen-bond donors (Lipinski definition) is 0. The third-order valence-electron chi connectivity index (χ3n) is 5.13. The summed E-state index contributed by atoms with van der Waals surface area (Å²) in [7, 11) is 2.97. The minimum atomic E-state index is -1.44. The van der Waals surface area contributed by atoms with Crippen LogP contribution in [0.15, 0.2) is 12.1 Å². The van der Waals surface area contributed by atoms with Crippen LogP contribution in [0, 0.1) is 26.7 Å². The van der Waals surface area contributed by atoms with Gasteiger partial charge in [-0.25, -0.2) is 4.79 Å². The standard InChI is InChI=1S/C20H29NO5/c1-13-11-14(2)18(15(3)12-13)20(19(23)24-5,26-16(4)22)17-7-9-21(25-6)10-8-17/h11-12,17H,7-10H2,1-6H3. The van der Waals surface area contributed by atoms with Gasteiger partial charge in [-0.1, -0.05) is 17.7 Å². The predicted octanol–water partition coefficient (Wildman–Crippen LogP) is 2.82. The van der Waals surface area contributed by atoms with Gasteiger partial charge in [0.1, 0.15) is 0 Å². The van der Waals surface area contributed by atoms with Gasteiger partial charge < -0.3 is 14.3 Å². The highest BCUT2D eigenvalue weighted by Gasteiger charge is 2.53. The SMILES string of the molecule is COC(=O)C(OC(C)=O)(c1c(C)cc(C)cc1C)C1CCN(OC)CC1. The summed E-state index contributed by atoms with van der Waals surface area (Å²) < 4.78 is 11.0. The van der Waals surface area contributed by atoms with Gasteiger partial charge in [0.05, 0.1) is 14.2 Å². The van der Waals surface area contributed by atoms with Crippen LogP contribution in [0.25, 0.3) is 0 Å². The van der Waals surface area contributed by atoms with Gasteiger partial charge in [-0.3, -0.25) is 4.79 Å². The predicted molar refractivity (Wildman–Crippen MR) is 97.4 cm³/mol. The number of methoxy groups -OCH3 is 1. The highest BCUT2D eigenvalue weighted by Crippen LogP contribution is 2.44. The third-order valence-corrected chi connectivity index (χ3v) is 5.13. The summed E-state index contributed by atoms with van der Waals surface area (Å²) in [5.74, 6) is -1.21. The number of hydroxylamine groups is 2. The molecule has 144 valence electrons. The zero-order valence-corrected chi connectivity index (χ0v) is 16.5. The highest BCUT2D eigenvalue weighted by atomic mass is 16.7. The molecule has 0 spiro atoms. The van der Waals surface area contributed by atoms with E-state index in [1.54, 1.807) is 7.11 Å². The van der Waals surface area contributed by atoms with Crippen molar-refractivity contribution in [3.8, 4) is 0 Å². The number of aryl methyl sites for hydroxylation is 3. The summed E-state index contributed by atoms with van der Waals surface area (Å²) in [5.41, 5.74) is 2.23. The number of carbonyl (C=O) groups excluding carboxylic acids is 2. The molecule has 1 aromatic carbocycles. The van der Waals surface area contributed by atoms with Gasteiger partial charge in [-0.2, -0.15) is 5.06 Å². The summed E-state index contributed by atoms with van der Waals surface area (Å²) in [6.45, 7) is 8.55. The fraction of sp³-hybridized carbons (Fsp3) is 0.600. The summed E-state index contributed by atoms with van der Waals surface area (Å²) in [5, 5.41) is 1.85. The molecule has 0 saturated carbocycles. The third kappa shape index (κ3) is 3.76. The van der Waals surface area contributed by atoms with Crippen LogP contribution in [-0.2, 0) is 29.5 Å². The molecule has 0 amide bonds. The van der Waals surface area contributed by atoms with Crippen molar-refractivity contribution in [3.05, 3.63) is 34.4 Å². The van der Waals surface area contributed by atoms with E-state index in [-0.39, 0.29) is 5.92 Å². The zero-order chi connectivity index (χ0) is 19.5. The maximum Gasteiger partial charge on any atom is 0.355 e. The minimum Gasteiger partial charge on any atom is -0.466 e. The lowest BCUT2D eigenvalue weighted by atomic mass is 9.72. The number of hydrogen-bond acceptors (Lipinski definition) is 6. The van der Waals surface area contributed by atoms with Gasteiger partial charge in [-0.05, 0) is 44.7 Å². The normalized spacial score (nSPS) is 18.2. The van der Waals surface area contributed by atoms with Crippen molar-refractivity contribution in [1.29, 1.82) is 0 Å². The molecule has 1 heterocycles. The van der Waals surface area contributed by atoms with E-state index in [1.807, 2.05) is 38.0 Å². The van der Waals surface area contributed by atoms with Crippen molar-refractivity contribution < 1.29 is 23.9 Å². The van der Waals surface area contributed by atoms with Crippen molar-refractivity contribution in [2.75, 3.05) is 27.3 Å². The van der Waals surface area contributed by atoms with Crippen LogP contribution in [0.4, 0.5) is 0 Å². The zero-order valence-electron chi connectivity index (χ0n) is 16.5. The Bertz CT molecular complexity index is 656. The number of nitrogens with zero attached hydrogens (tertiary/aromatic N) is 1. The first kappa shape index (κ1) is 20.4. The van der Waals surface area contributed by atoms with E-state index >= 15 is 0 Å². The molecule has 26 heavy (non-hydrogen) atoms. The topological polar surface area (TPSA) is 65.1 Å². The Morgan fingerprint density at radius 2 is 1.62 bits per heavy atom. The van der Waals surface area contributed by atoms with Gasteiger partial charge in [0.2, 0.25) is 5.60 Å². The number of rotatable bonds is 5. The minimum absolute atomic E-state index is 0.189. The van der Waals surface area contributed by atoms with E-state index in [2.05, 4.69) is 0 Å².